The lowest BCUT2D eigenvalue weighted by Crippen LogP contribution is -2.37. The summed E-state index contributed by atoms with van der Waals surface area (Å²) in [7, 11) is 0. The number of carbonyl (C=O) groups excluding carboxylic acids is 2. The van der Waals surface area contributed by atoms with Crippen LogP contribution in [0, 0.1) is 5.92 Å². The number of fused-ring (bicyclic) bond motifs is 1. The fourth-order valence-corrected chi connectivity index (χ4v) is 4.47. The van der Waals surface area contributed by atoms with Crippen molar-refractivity contribution in [2.45, 2.75) is 57.9 Å². The zero-order valence-electron chi connectivity index (χ0n) is 17.7. The Kier molecular flexibility index (Phi) is 6.36. The molecule has 0 aromatic heterocycles. The van der Waals surface area contributed by atoms with E-state index in [0.717, 1.165) is 43.7 Å². The lowest BCUT2D eigenvalue weighted by molar-refractivity contribution is 0.0923. The third-order valence-electron chi connectivity index (χ3n) is 6.35. The molecule has 1 aliphatic heterocycles. The smallest absolute Gasteiger partial charge is 0.326 e. The molecule has 0 radical (unpaired) electrons. The van der Waals surface area contributed by atoms with E-state index in [1.807, 2.05) is 23.1 Å². The van der Waals surface area contributed by atoms with Gasteiger partial charge in [-0.05, 0) is 86.8 Å². The molecule has 3 amide bonds. The molecule has 2 aliphatic rings. The summed E-state index contributed by atoms with van der Waals surface area (Å²) in [6.07, 6.45) is 7.54. The third-order valence-corrected chi connectivity index (χ3v) is 6.35. The summed E-state index contributed by atoms with van der Waals surface area (Å²) < 4.78 is 0. The van der Waals surface area contributed by atoms with E-state index in [0.29, 0.717) is 17.8 Å². The van der Waals surface area contributed by atoms with Crippen LogP contribution >= 0.6 is 0 Å². The molecule has 5 heteroatoms. The summed E-state index contributed by atoms with van der Waals surface area (Å²) in [5.74, 6) is 0.728. The minimum absolute atomic E-state index is 0.0334. The van der Waals surface area contributed by atoms with Gasteiger partial charge in [0.25, 0.3) is 5.91 Å². The third kappa shape index (κ3) is 4.84. The molecule has 4 rings (SSSR count). The Labute approximate surface area is 178 Å². The number of anilines is 2. The molecule has 1 heterocycles. The summed E-state index contributed by atoms with van der Waals surface area (Å²) >= 11 is 0. The van der Waals surface area contributed by atoms with E-state index in [1.165, 1.54) is 18.4 Å². The van der Waals surface area contributed by atoms with Gasteiger partial charge in [-0.15, -0.1) is 0 Å². The average molecular weight is 406 g/mol. The van der Waals surface area contributed by atoms with Crippen molar-refractivity contribution in [3.63, 3.8) is 0 Å². The second-order valence-corrected chi connectivity index (χ2v) is 8.68. The van der Waals surface area contributed by atoms with Gasteiger partial charge in [-0.3, -0.25) is 9.69 Å². The van der Waals surface area contributed by atoms with E-state index in [-0.39, 0.29) is 18.0 Å². The van der Waals surface area contributed by atoms with Gasteiger partial charge in [-0.2, -0.15) is 0 Å². The zero-order chi connectivity index (χ0) is 20.9. The van der Waals surface area contributed by atoms with E-state index in [2.05, 4.69) is 23.6 Å². The molecule has 2 aromatic rings. The highest BCUT2D eigenvalue weighted by Crippen LogP contribution is 2.27. The number of carbonyl (C=O) groups is 2. The number of urea groups is 1. The summed E-state index contributed by atoms with van der Waals surface area (Å²) in [5.41, 5.74) is 3.54. The number of aryl methyl sites for hydroxylation is 1. The van der Waals surface area contributed by atoms with E-state index >= 15 is 0 Å². The van der Waals surface area contributed by atoms with Gasteiger partial charge in [-0.1, -0.05) is 25.1 Å². The van der Waals surface area contributed by atoms with Crippen LogP contribution < -0.4 is 15.5 Å². The van der Waals surface area contributed by atoms with Gasteiger partial charge in [0.05, 0.1) is 0 Å². The van der Waals surface area contributed by atoms with Crippen LogP contribution in [0.25, 0.3) is 0 Å². The number of nitrogens with one attached hydrogen (secondary N) is 2. The van der Waals surface area contributed by atoms with Crippen molar-refractivity contribution in [3.8, 4) is 0 Å². The van der Waals surface area contributed by atoms with Gasteiger partial charge in [-0.25, -0.2) is 4.79 Å². The van der Waals surface area contributed by atoms with Gasteiger partial charge in [0.1, 0.15) is 0 Å². The molecule has 2 aromatic carbocycles. The van der Waals surface area contributed by atoms with Crippen LogP contribution in [-0.2, 0) is 6.42 Å². The van der Waals surface area contributed by atoms with Crippen molar-refractivity contribution in [2.75, 3.05) is 16.8 Å². The largest absolute Gasteiger partial charge is 0.349 e. The van der Waals surface area contributed by atoms with Gasteiger partial charge >= 0.3 is 6.03 Å². The summed E-state index contributed by atoms with van der Waals surface area (Å²) in [4.78, 5) is 27.3. The number of hydrogen-bond acceptors (Lipinski definition) is 2. The van der Waals surface area contributed by atoms with Crippen LogP contribution in [0.5, 0.6) is 0 Å². The number of para-hydroxylation sites is 1. The quantitative estimate of drug-likeness (QED) is 0.721. The summed E-state index contributed by atoms with van der Waals surface area (Å²) in [5, 5.41) is 6.14. The van der Waals surface area contributed by atoms with E-state index in [1.54, 1.807) is 24.3 Å². The first-order valence-electron chi connectivity index (χ1n) is 11.2. The van der Waals surface area contributed by atoms with Gasteiger partial charge in [0.15, 0.2) is 0 Å². The maximum absolute atomic E-state index is 12.9. The predicted molar refractivity (Wildman–Crippen MR) is 121 cm³/mol. The fraction of sp³-hybridized carbons (Fsp3) is 0.440. The standard InChI is InChI=1S/C25H31N3O2/c1-18-9-13-21(14-10-18)26-24(29)20-11-15-22(16-12-20)27-25(30)28-17-5-4-7-19-6-2-3-8-23(19)28/h2-3,6,8,11-12,15-16,18,21H,4-5,7,9-10,13-14,17H2,1H3,(H,26,29)(H,27,30). The van der Waals surface area contributed by atoms with E-state index < -0.39 is 0 Å². The average Bonchev–Trinajstić information content (AvgIpc) is 2.98. The maximum Gasteiger partial charge on any atom is 0.326 e. The monoisotopic (exact) mass is 405 g/mol. The number of amides is 3. The highest BCUT2D eigenvalue weighted by Gasteiger charge is 2.22. The fourth-order valence-electron chi connectivity index (χ4n) is 4.47. The summed E-state index contributed by atoms with van der Waals surface area (Å²) in [6, 6.07) is 15.4. The number of benzene rings is 2. The van der Waals surface area contributed by atoms with Crippen LogP contribution in [0.15, 0.2) is 48.5 Å². The number of hydrogen-bond donors (Lipinski definition) is 2. The van der Waals surface area contributed by atoms with Gasteiger partial charge in [0.2, 0.25) is 0 Å². The second-order valence-electron chi connectivity index (χ2n) is 8.68. The van der Waals surface area contributed by atoms with Crippen molar-refractivity contribution in [1.82, 2.24) is 5.32 Å². The van der Waals surface area contributed by atoms with Gasteiger partial charge in [0, 0.05) is 29.5 Å². The molecule has 1 saturated carbocycles. The molecule has 0 saturated heterocycles. The van der Waals surface area contributed by atoms with Gasteiger partial charge < -0.3 is 10.6 Å². The van der Waals surface area contributed by atoms with Crippen molar-refractivity contribution in [1.29, 1.82) is 0 Å². The molecule has 1 aliphatic carbocycles. The Bertz CT molecular complexity index is 886. The van der Waals surface area contributed by atoms with Crippen LogP contribution in [0.4, 0.5) is 16.2 Å². The van der Waals surface area contributed by atoms with Crippen molar-refractivity contribution in [3.05, 3.63) is 59.7 Å². The Balaban J connectivity index is 1.37. The maximum atomic E-state index is 12.9. The normalized spacial score (nSPS) is 21.3. The molecule has 0 atom stereocenters. The lowest BCUT2D eigenvalue weighted by Gasteiger charge is -2.27. The molecule has 1 fully saturated rings. The van der Waals surface area contributed by atoms with Crippen LogP contribution in [0.2, 0.25) is 0 Å². The molecule has 158 valence electrons. The minimum Gasteiger partial charge on any atom is -0.349 e. The van der Waals surface area contributed by atoms with Crippen LogP contribution in [0.3, 0.4) is 0 Å². The Morgan fingerprint density at radius 2 is 1.67 bits per heavy atom. The molecule has 2 N–H and O–H groups in total. The first-order valence-corrected chi connectivity index (χ1v) is 11.2. The molecular weight excluding hydrogens is 374 g/mol. The topological polar surface area (TPSA) is 61.4 Å². The second kappa shape index (κ2) is 9.33. The van der Waals surface area contributed by atoms with Crippen molar-refractivity contribution >= 4 is 23.3 Å². The molecule has 0 bridgehead atoms. The van der Waals surface area contributed by atoms with Crippen LogP contribution in [-0.4, -0.2) is 24.5 Å². The van der Waals surface area contributed by atoms with E-state index in [9.17, 15) is 9.59 Å². The number of nitrogens with zero attached hydrogens (tertiary/aromatic N) is 1. The number of rotatable bonds is 3. The first-order chi connectivity index (χ1) is 14.6. The first kappa shape index (κ1) is 20.5. The Hall–Kier alpha value is -2.82. The highest BCUT2D eigenvalue weighted by molar-refractivity contribution is 6.02. The van der Waals surface area contributed by atoms with Crippen LogP contribution in [0.1, 0.15) is 61.4 Å². The summed E-state index contributed by atoms with van der Waals surface area (Å²) in [6.45, 7) is 2.98. The molecule has 30 heavy (non-hydrogen) atoms. The van der Waals surface area contributed by atoms with Crippen molar-refractivity contribution < 1.29 is 9.59 Å². The molecular formula is C25H31N3O2. The highest BCUT2D eigenvalue weighted by atomic mass is 16.2. The van der Waals surface area contributed by atoms with Crippen molar-refractivity contribution in [2.24, 2.45) is 5.92 Å². The molecule has 0 unspecified atom stereocenters. The minimum atomic E-state index is -0.127. The Morgan fingerprint density at radius 3 is 2.43 bits per heavy atom. The molecule has 5 nitrogen and oxygen atoms in total. The molecule has 0 spiro atoms. The van der Waals surface area contributed by atoms with E-state index in [4.69, 9.17) is 0 Å². The zero-order valence-corrected chi connectivity index (χ0v) is 17.7. The predicted octanol–water partition coefficient (Wildman–Crippen LogP) is 5.37. The Morgan fingerprint density at radius 1 is 0.933 bits per heavy atom. The SMILES string of the molecule is CC1CCC(NC(=O)c2ccc(NC(=O)N3CCCCc4ccccc43)cc2)CC1. The lowest BCUT2D eigenvalue weighted by atomic mass is 9.87.